The van der Waals surface area contributed by atoms with Crippen LogP contribution in [0.4, 0.5) is 11.4 Å². The predicted molar refractivity (Wildman–Crippen MR) is 130 cm³/mol. The normalized spacial score (nSPS) is 11.7. The van der Waals surface area contributed by atoms with E-state index in [9.17, 15) is 0 Å². The van der Waals surface area contributed by atoms with Gasteiger partial charge in [0.1, 0.15) is 5.75 Å². The van der Waals surface area contributed by atoms with Gasteiger partial charge in [-0.05, 0) is 39.8 Å². The smallest absolute Gasteiger partial charge is 0.202 e. The fourth-order valence-corrected chi connectivity index (χ4v) is 4.65. The zero-order chi connectivity index (χ0) is 21.5. The van der Waals surface area contributed by atoms with Gasteiger partial charge in [0.2, 0.25) is 5.96 Å². The van der Waals surface area contributed by atoms with Crippen molar-refractivity contribution in [2.45, 2.75) is 6.42 Å². The largest absolute Gasteiger partial charge is 0.495 e. The first-order chi connectivity index (χ1) is 15.1. The molecule has 4 nitrogen and oxygen atoms in total. The maximum atomic E-state index is 9.04. The number of rotatable bonds is 3. The SMILES string of the molecule is COc1ccc2ccccc2c1N(C)C(=N)N(C)c1cccc2c1Cc1ccccc1-2. The van der Waals surface area contributed by atoms with Crippen LogP contribution in [-0.2, 0) is 6.42 Å². The highest BCUT2D eigenvalue weighted by Gasteiger charge is 2.25. The Hall–Kier alpha value is -3.79. The van der Waals surface area contributed by atoms with Crippen molar-refractivity contribution in [3.8, 4) is 16.9 Å². The molecule has 0 aliphatic heterocycles. The number of anilines is 2. The van der Waals surface area contributed by atoms with Crippen LogP contribution in [-0.4, -0.2) is 27.2 Å². The summed E-state index contributed by atoms with van der Waals surface area (Å²) in [6.45, 7) is 0. The third-order valence-corrected chi connectivity index (χ3v) is 6.24. The highest BCUT2D eigenvalue weighted by Crippen LogP contribution is 2.42. The lowest BCUT2D eigenvalue weighted by molar-refractivity contribution is 0.416. The Labute approximate surface area is 182 Å². The summed E-state index contributed by atoms with van der Waals surface area (Å²) in [6, 6.07) is 27.2. The van der Waals surface area contributed by atoms with Gasteiger partial charge in [-0.2, -0.15) is 0 Å². The molecule has 0 bridgehead atoms. The molecule has 5 rings (SSSR count). The molecule has 0 heterocycles. The Balaban J connectivity index is 1.55. The second kappa shape index (κ2) is 7.47. The number of methoxy groups -OCH3 is 1. The Morgan fingerprint density at radius 3 is 2.39 bits per heavy atom. The first-order valence-electron chi connectivity index (χ1n) is 10.4. The van der Waals surface area contributed by atoms with E-state index in [4.69, 9.17) is 10.1 Å². The van der Waals surface area contributed by atoms with Gasteiger partial charge in [-0.3, -0.25) is 5.41 Å². The molecular formula is C27H25N3O. The molecule has 0 spiro atoms. The molecule has 1 aliphatic rings. The van der Waals surface area contributed by atoms with Crippen molar-refractivity contribution in [2.75, 3.05) is 31.0 Å². The fraction of sp³-hybridized carbons (Fsp3) is 0.148. The van der Waals surface area contributed by atoms with Crippen molar-refractivity contribution < 1.29 is 4.74 Å². The van der Waals surface area contributed by atoms with Crippen LogP contribution in [0.25, 0.3) is 21.9 Å². The minimum atomic E-state index is 0.388. The van der Waals surface area contributed by atoms with Crippen LogP contribution in [0, 0.1) is 5.41 Å². The van der Waals surface area contributed by atoms with E-state index in [0.29, 0.717) is 5.96 Å². The lowest BCUT2D eigenvalue weighted by atomic mass is 10.0. The second-order valence-electron chi connectivity index (χ2n) is 7.92. The molecule has 0 saturated heterocycles. The predicted octanol–water partition coefficient (Wildman–Crippen LogP) is 5.93. The number of nitrogens with zero attached hydrogens (tertiary/aromatic N) is 2. The summed E-state index contributed by atoms with van der Waals surface area (Å²) in [5, 5.41) is 11.2. The summed E-state index contributed by atoms with van der Waals surface area (Å²) in [6.07, 6.45) is 0.889. The van der Waals surface area contributed by atoms with E-state index in [1.54, 1.807) is 7.11 Å². The number of ether oxygens (including phenoxy) is 1. The number of nitrogens with one attached hydrogen (secondary N) is 1. The van der Waals surface area contributed by atoms with Gasteiger partial charge >= 0.3 is 0 Å². The van der Waals surface area contributed by atoms with Gasteiger partial charge in [0, 0.05) is 31.6 Å². The van der Waals surface area contributed by atoms with E-state index in [1.807, 2.05) is 42.1 Å². The Bertz CT molecular complexity index is 1310. The average Bonchev–Trinajstić information content (AvgIpc) is 3.20. The van der Waals surface area contributed by atoms with Crippen LogP contribution in [0.1, 0.15) is 11.1 Å². The standard InChI is InChI=1S/C27H25N3O/c1-29(24-14-8-13-22-20-11-6-5-10-19(20)17-23(22)24)27(28)30(2)26-21-12-7-4-9-18(21)15-16-25(26)31-3/h4-16,28H,17H2,1-3H3. The van der Waals surface area contributed by atoms with Gasteiger partial charge in [0.25, 0.3) is 0 Å². The van der Waals surface area contributed by atoms with Crippen molar-refractivity contribution in [3.63, 3.8) is 0 Å². The lowest BCUT2D eigenvalue weighted by Crippen LogP contribution is -2.40. The molecule has 4 aromatic carbocycles. The molecule has 0 unspecified atom stereocenters. The highest BCUT2D eigenvalue weighted by molar-refractivity contribution is 6.11. The molecule has 0 aromatic heterocycles. The van der Waals surface area contributed by atoms with Crippen LogP contribution in [0.3, 0.4) is 0 Å². The van der Waals surface area contributed by atoms with E-state index in [1.165, 1.54) is 22.3 Å². The molecule has 154 valence electrons. The van der Waals surface area contributed by atoms with Gasteiger partial charge in [0.15, 0.2) is 0 Å². The monoisotopic (exact) mass is 407 g/mol. The van der Waals surface area contributed by atoms with Crippen LogP contribution < -0.4 is 14.5 Å². The number of fused-ring (bicyclic) bond motifs is 4. The highest BCUT2D eigenvalue weighted by atomic mass is 16.5. The number of hydrogen-bond acceptors (Lipinski definition) is 2. The zero-order valence-corrected chi connectivity index (χ0v) is 18.0. The summed E-state index contributed by atoms with van der Waals surface area (Å²) < 4.78 is 5.67. The summed E-state index contributed by atoms with van der Waals surface area (Å²) in [5.74, 6) is 1.14. The second-order valence-corrected chi connectivity index (χ2v) is 7.92. The number of guanidine groups is 1. The Kier molecular flexibility index (Phi) is 4.63. The number of hydrogen-bond donors (Lipinski definition) is 1. The summed E-state index contributed by atoms with van der Waals surface area (Å²) in [5.41, 5.74) is 7.13. The van der Waals surface area contributed by atoms with Gasteiger partial charge in [0.05, 0.1) is 12.8 Å². The van der Waals surface area contributed by atoms with Crippen LogP contribution in [0.15, 0.2) is 78.9 Å². The molecule has 1 aliphatic carbocycles. The first-order valence-corrected chi connectivity index (χ1v) is 10.4. The van der Waals surface area contributed by atoms with Crippen molar-refractivity contribution in [1.82, 2.24) is 0 Å². The van der Waals surface area contributed by atoms with Gasteiger partial charge in [-0.1, -0.05) is 66.7 Å². The zero-order valence-electron chi connectivity index (χ0n) is 18.0. The van der Waals surface area contributed by atoms with Crippen molar-refractivity contribution >= 4 is 28.1 Å². The third kappa shape index (κ3) is 3.03. The van der Waals surface area contributed by atoms with E-state index >= 15 is 0 Å². The van der Waals surface area contributed by atoms with Crippen LogP contribution in [0.2, 0.25) is 0 Å². The first kappa shape index (κ1) is 19.2. The van der Waals surface area contributed by atoms with E-state index in [0.717, 1.165) is 34.3 Å². The van der Waals surface area contributed by atoms with Crippen molar-refractivity contribution in [1.29, 1.82) is 5.41 Å². The lowest BCUT2D eigenvalue weighted by Gasteiger charge is -2.31. The van der Waals surface area contributed by atoms with E-state index < -0.39 is 0 Å². The van der Waals surface area contributed by atoms with E-state index in [2.05, 4.69) is 60.7 Å². The van der Waals surface area contributed by atoms with Gasteiger partial charge < -0.3 is 14.5 Å². The van der Waals surface area contributed by atoms with Crippen molar-refractivity contribution in [3.05, 3.63) is 90.0 Å². The molecule has 0 atom stereocenters. The quantitative estimate of drug-likeness (QED) is 0.298. The van der Waals surface area contributed by atoms with Crippen molar-refractivity contribution in [2.24, 2.45) is 0 Å². The summed E-state index contributed by atoms with van der Waals surface area (Å²) >= 11 is 0. The molecule has 0 saturated carbocycles. The summed E-state index contributed by atoms with van der Waals surface area (Å²) in [4.78, 5) is 3.87. The molecule has 0 radical (unpaired) electrons. The molecule has 31 heavy (non-hydrogen) atoms. The Morgan fingerprint density at radius 2 is 1.55 bits per heavy atom. The van der Waals surface area contributed by atoms with Gasteiger partial charge in [-0.25, -0.2) is 0 Å². The average molecular weight is 408 g/mol. The van der Waals surface area contributed by atoms with Gasteiger partial charge in [-0.15, -0.1) is 0 Å². The molecule has 0 amide bonds. The molecule has 1 N–H and O–H groups in total. The third-order valence-electron chi connectivity index (χ3n) is 6.24. The van der Waals surface area contributed by atoms with Crippen LogP contribution >= 0.6 is 0 Å². The molecule has 0 fully saturated rings. The molecular weight excluding hydrogens is 382 g/mol. The molecule has 4 aromatic rings. The summed E-state index contributed by atoms with van der Waals surface area (Å²) in [7, 11) is 5.58. The Morgan fingerprint density at radius 1 is 0.806 bits per heavy atom. The minimum absolute atomic E-state index is 0.388. The maximum absolute atomic E-state index is 9.04. The topological polar surface area (TPSA) is 39.6 Å². The minimum Gasteiger partial charge on any atom is -0.495 e. The van der Waals surface area contributed by atoms with E-state index in [-0.39, 0.29) is 0 Å². The maximum Gasteiger partial charge on any atom is 0.202 e. The number of benzene rings is 4. The van der Waals surface area contributed by atoms with Crippen LogP contribution in [0.5, 0.6) is 5.75 Å². The fourth-order valence-electron chi connectivity index (χ4n) is 4.65. The molecule has 4 heteroatoms.